The Balaban J connectivity index is 2.12. The fraction of sp³-hybridized carbons (Fsp3) is 0.364. The molecule has 1 atom stereocenters. The van der Waals surface area contributed by atoms with Crippen molar-refractivity contribution in [2.24, 2.45) is 12.9 Å². The highest BCUT2D eigenvalue weighted by Crippen LogP contribution is 2.20. The van der Waals surface area contributed by atoms with Gasteiger partial charge in [-0.1, -0.05) is 12.1 Å². The van der Waals surface area contributed by atoms with E-state index in [1.807, 2.05) is 0 Å². The second-order valence-electron chi connectivity index (χ2n) is 3.89. The maximum absolute atomic E-state index is 5.59. The number of nitrogens with zero attached hydrogens (tertiary/aromatic N) is 4. The maximum Gasteiger partial charge on any atom is 0.176 e. The fourth-order valence-electron chi connectivity index (χ4n) is 1.70. The average molecular weight is 264 g/mol. The van der Waals surface area contributed by atoms with E-state index < -0.39 is 0 Å². The third-order valence-corrected chi connectivity index (χ3v) is 3.40. The molecule has 0 aliphatic carbocycles. The predicted octanol–water partition coefficient (Wildman–Crippen LogP) is 0.679. The zero-order valence-electron chi connectivity index (χ0n) is 10.4. The van der Waals surface area contributed by atoms with Gasteiger partial charge in [0.05, 0.1) is 13.1 Å². The van der Waals surface area contributed by atoms with Crippen LogP contribution in [-0.2, 0) is 13.5 Å². The number of aromatic nitrogens is 4. The van der Waals surface area contributed by atoms with Crippen LogP contribution in [0.4, 0.5) is 0 Å². The Bertz CT molecular complexity index is 494. The second-order valence-corrected chi connectivity index (χ2v) is 4.77. The number of nitrogens with two attached hydrogens (primary N) is 1. The van der Waals surface area contributed by atoms with E-state index in [0.29, 0.717) is 12.2 Å². The van der Waals surface area contributed by atoms with E-state index in [0.717, 1.165) is 5.56 Å². The number of aryl methyl sites for hydroxylation is 1. The van der Waals surface area contributed by atoms with Crippen LogP contribution < -0.4 is 11.3 Å². The molecule has 6 nitrogen and oxygen atoms in total. The van der Waals surface area contributed by atoms with Crippen LogP contribution in [0.3, 0.4) is 0 Å². The molecule has 0 radical (unpaired) electrons. The minimum absolute atomic E-state index is 0.00916. The molecule has 3 N–H and O–H groups in total. The number of nitrogens with one attached hydrogen (secondary N) is 1. The van der Waals surface area contributed by atoms with Crippen LogP contribution in [-0.4, -0.2) is 26.5 Å². The lowest BCUT2D eigenvalue weighted by atomic mass is 10.0. The first-order valence-electron chi connectivity index (χ1n) is 5.56. The Morgan fingerprint density at radius 1 is 1.39 bits per heavy atom. The zero-order valence-corrected chi connectivity index (χ0v) is 11.2. The lowest BCUT2D eigenvalue weighted by Crippen LogP contribution is -2.29. The number of tetrazole rings is 1. The molecule has 1 aromatic heterocycles. The largest absolute Gasteiger partial charge is 0.271 e. The third-order valence-electron chi connectivity index (χ3n) is 2.66. The molecule has 0 aliphatic heterocycles. The standard InChI is InChI=1S/C11H16N6S/c1-17-15-11(14-16-17)7-10(13-12)8-3-5-9(18-2)6-4-8/h3-6,10,13H,7,12H2,1-2H3. The Hall–Kier alpha value is -1.44. The van der Waals surface area contributed by atoms with Gasteiger partial charge in [-0.3, -0.25) is 11.3 Å². The molecule has 0 spiro atoms. The SMILES string of the molecule is CSc1ccc(C(Cc2nnn(C)n2)NN)cc1. The predicted molar refractivity (Wildman–Crippen MR) is 70.8 cm³/mol. The van der Waals surface area contributed by atoms with E-state index in [1.54, 1.807) is 18.8 Å². The summed E-state index contributed by atoms with van der Waals surface area (Å²) in [6.45, 7) is 0. The summed E-state index contributed by atoms with van der Waals surface area (Å²) in [4.78, 5) is 2.67. The number of thioether (sulfide) groups is 1. The molecule has 2 aromatic rings. The first kappa shape index (κ1) is 13.0. The molecule has 96 valence electrons. The summed E-state index contributed by atoms with van der Waals surface area (Å²) in [5.41, 5.74) is 3.90. The third kappa shape index (κ3) is 3.06. The van der Waals surface area contributed by atoms with Crippen LogP contribution in [0.15, 0.2) is 29.2 Å². The van der Waals surface area contributed by atoms with Crippen LogP contribution in [0.1, 0.15) is 17.4 Å². The van der Waals surface area contributed by atoms with E-state index in [-0.39, 0.29) is 6.04 Å². The highest BCUT2D eigenvalue weighted by atomic mass is 32.2. The molecule has 7 heteroatoms. The Morgan fingerprint density at radius 2 is 2.11 bits per heavy atom. The molecule has 18 heavy (non-hydrogen) atoms. The van der Waals surface area contributed by atoms with Gasteiger partial charge >= 0.3 is 0 Å². The van der Waals surface area contributed by atoms with Crippen molar-refractivity contribution < 1.29 is 0 Å². The molecular formula is C11H16N6S. The van der Waals surface area contributed by atoms with Crippen molar-refractivity contribution in [2.45, 2.75) is 17.4 Å². The van der Waals surface area contributed by atoms with Gasteiger partial charge in [0.25, 0.3) is 0 Å². The lowest BCUT2D eigenvalue weighted by molar-refractivity contribution is 0.536. The van der Waals surface area contributed by atoms with Crippen molar-refractivity contribution in [3.8, 4) is 0 Å². The normalized spacial score (nSPS) is 12.6. The summed E-state index contributed by atoms with van der Waals surface area (Å²) < 4.78 is 0. The summed E-state index contributed by atoms with van der Waals surface area (Å²) >= 11 is 1.71. The summed E-state index contributed by atoms with van der Waals surface area (Å²) in [7, 11) is 1.74. The highest BCUT2D eigenvalue weighted by molar-refractivity contribution is 7.98. The van der Waals surface area contributed by atoms with Crippen LogP contribution in [0, 0.1) is 0 Å². The van der Waals surface area contributed by atoms with Crippen LogP contribution in [0.2, 0.25) is 0 Å². The quantitative estimate of drug-likeness (QED) is 0.469. The Kier molecular flexibility index (Phi) is 4.29. The maximum atomic E-state index is 5.59. The Labute approximate surface area is 110 Å². The highest BCUT2D eigenvalue weighted by Gasteiger charge is 2.13. The topological polar surface area (TPSA) is 81.7 Å². The van der Waals surface area contributed by atoms with Gasteiger partial charge in [0.15, 0.2) is 5.82 Å². The van der Waals surface area contributed by atoms with Gasteiger partial charge in [-0.05, 0) is 29.2 Å². The zero-order chi connectivity index (χ0) is 13.0. The summed E-state index contributed by atoms with van der Waals surface area (Å²) in [6, 6.07) is 8.27. The van der Waals surface area contributed by atoms with Crippen molar-refractivity contribution >= 4 is 11.8 Å². The molecule has 0 bridgehead atoms. The van der Waals surface area contributed by atoms with Crippen LogP contribution in [0.5, 0.6) is 0 Å². The van der Waals surface area contributed by atoms with Gasteiger partial charge in [-0.25, -0.2) is 0 Å². The first-order chi connectivity index (χ1) is 8.72. The fourth-order valence-corrected chi connectivity index (χ4v) is 2.11. The molecule has 2 rings (SSSR count). The molecule has 0 aliphatic rings. The monoisotopic (exact) mass is 264 g/mol. The molecule has 1 aromatic carbocycles. The van der Waals surface area contributed by atoms with Gasteiger partial charge < -0.3 is 0 Å². The number of rotatable bonds is 5. The van der Waals surface area contributed by atoms with E-state index in [4.69, 9.17) is 5.84 Å². The summed E-state index contributed by atoms with van der Waals surface area (Å²) in [5.74, 6) is 6.27. The van der Waals surface area contributed by atoms with Crippen molar-refractivity contribution in [1.82, 2.24) is 25.6 Å². The first-order valence-corrected chi connectivity index (χ1v) is 6.78. The van der Waals surface area contributed by atoms with E-state index in [1.165, 1.54) is 9.69 Å². The van der Waals surface area contributed by atoms with E-state index in [9.17, 15) is 0 Å². The minimum atomic E-state index is -0.00916. The number of hydrazine groups is 1. The van der Waals surface area contributed by atoms with Crippen LogP contribution in [0.25, 0.3) is 0 Å². The Morgan fingerprint density at radius 3 is 2.61 bits per heavy atom. The summed E-state index contributed by atoms with van der Waals surface area (Å²) in [5, 5.41) is 11.9. The van der Waals surface area contributed by atoms with E-state index in [2.05, 4.69) is 51.4 Å². The van der Waals surface area contributed by atoms with Gasteiger partial charge in [-0.15, -0.1) is 22.0 Å². The molecule has 0 saturated carbocycles. The molecule has 0 saturated heterocycles. The van der Waals surface area contributed by atoms with Crippen molar-refractivity contribution in [1.29, 1.82) is 0 Å². The lowest BCUT2D eigenvalue weighted by Gasteiger charge is -2.14. The van der Waals surface area contributed by atoms with Gasteiger partial charge in [-0.2, -0.15) is 4.80 Å². The molecule has 0 fully saturated rings. The van der Waals surface area contributed by atoms with E-state index >= 15 is 0 Å². The molecular weight excluding hydrogens is 248 g/mol. The van der Waals surface area contributed by atoms with Crippen molar-refractivity contribution in [3.63, 3.8) is 0 Å². The summed E-state index contributed by atoms with van der Waals surface area (Å²) in [6.07, 6.45) is 2.67. The van der Waals surface area contributed by atoms with Gasteiger partial charge in [0, 0.05) is 11.3 Å². The molecule has 0 amide bonds. The second kappa shape index (κ2) is 5.94. The number of benzene rings is 1. The minimum Gasteiger partial charge on any atom is -0.271 e. The van der Waals surface area contributed by atoms with Crippen molar-refractivity contribution in [2.75, 3.05) is 6.26 Å². The van der Waals surface area contributed by atoms with Gasteiger partial charge in [0.2, 0.25) is 0 Å². The number of hydrogen-bond donors (Lipinski definition) is 2. The van der Waals surface area contributed by atoms with Crippen molar-refractivity contribution in [3.05, 3.63) is 35.7 Å². The van der Waals surface area contributed by atoms with Gasteiger partial charge in [0.1, 0.15) is 0 Å². The molecule has 1 heterocycles. The van der Waals surface area contributed by atoms with Crippen LogP contribution >= 0.6 is 11.8 Å². The molecule has 1 unspecified atom stereocenters. The smallest absolute Gasteiger partial charge is 0.176 e. The number of hydrogen-bond acceptors (Lipinski definition) is 6. The average Bonchev–Trinajstić information content (AvgIpc) is 2.82.